The van der Waals surface area contributed by atoms with Crippen molar-refractivity contribution in [1.29, 1.82) is 0 Å². The van der Waals surface area contributed by atoms with Crippen molar-refractivity contribution < 1.29 is 27.8 Å². The molecular weight excluding hydrogens is 376 g/mol. The van der Waals surface area contributed by atoms with Crippen molar-refractivity contribution in [2.75, 3.05) is 11.9 Å². The summed E-state index contributed by atoms with van der Waals surface area (Å²) in [5.74, 6) is -1.93. The predicted molar refractivity (Wildman–Crippen MR) is 94.3 cm³/mol. The first-order valence-corrected chi connectivity index (χ1v) is 7.94. The summed E-state index contributed by atoms with van der Waals surface area (Å²) in [5, 5.41) is 8.68. The van der Waals surface area contributed by atoms with Gasteiger partial charge in [0.2, 0.25) is 0 Å². The first kappa shape index (κ1) is 19.0. The molecule has 0 saturated carbocycles. The maximum atomic E-state index is 12.4. The number of fused-ring (bicyclic) bond motifs is 1. The fourth-order valence-corrected chi connectivity index (χ4v) is 2.42. The Kier molecular flexibility index (Phi) is 5.58. The molecule has 2 N–H and O–H groups in total. The molecule has 28 heavy (non-hydrogen) atoms. The summed E-state index contributed by atoms with van der Waals surface area (Å²) in [6, 6.07) is 11.9. The topological polar surface area (TPSA) is 110 Å². The number of hydrogen-bond donors (Lipinski definition) is 2. The van der Waals surface area contributed by atoms with Gasteiger partial charge in [-0.3, -0.25) is 9.59 Å². The van der Waals surface area contributed by atoms with E-state index in [0.717, 1.165) is 0 Å². The van der Waals surface area contributed by atoms with Crippen LogP contribution in [0.1, 0.15) is 10.5 Å². The quantitative estimate of drug-likeness (QED) is 0.626. The second-order valence-electron chi connectivity index (χ2n) is 5.45. The van der Waals surface area contributed by atoms with Gasteiger partial charge in [0, 0.05) is 5.39 Å². The third kappa shape index (κ3) is 4.29. The van der Waals surface area contributed by atoms with Gasteiger partial charge >= 0.3 is 12.6 Å². The van der Waals surface area contributed by atoms with Gasteiger partial charge in [0.05, 0.1) is 11.1 Å². The second kappa shape index (κ2) is 8.25. The van der Waals surface area contributed by atoms with Crippen LogP contribution in [0.5, 0.6) is 5.75 Å². The molecule has 0 aliphatic carbocycles. The van der Waals surface area contributed by atoms with Crippen LogP contribution in [0, 0.1) is 0 Å². The lowest BCUT2D eigenvalue weighted by Crippen LogP contribution is -2.23. The van der Waals surface area contributed by atoms with E-state index in [1.54, 1.807) is 12.1 Å². The van der Waals surface area contributed by atoms with E-state index >= 15 is 0 Å². The summed E-state index contributed by atoms with van der Waals surface area (Å²) in [6.45, 7) is -3.76. The average Bonchev–Trinajstić information content (AvgIpc) is 2.68. The molecule has 1 heterocycles. The molecule has 0 aliphatic rings. The molecule has 8 nitrogen and oxygen atoms in total. The van der Waals surface area contributed by atoms with Crippen LogP contribution in [-0.2, 0) is 9.53 Å². The number of benzene rings is 2. The van der Waals surface area contributed by atoms with Gasteiger partial charge in [-0.05, 0) is 18.2 Å². The van der Waals surface area contributed by atoms with Gasteiger partial charge in [0.1, 0.15) is 5.75 Å². The number of halogens is 2. The van der Waals surface area contributed by atoms with E-state index < -0.39 is 30.7 Å². The van der Waals surface area contributed by atoms with Crippen LogP contribution in [-0.4, -0.2) is 35.3 Å². The zero-order valence-electron chi connectivity index (χ0n) is 14.1. The number of ether oxygens (including phenoxy) is 2. The summed E-state index contributed by atoms with van der Waals surface area (Å²) >= 11 is 0. The molecule has 0 spiro atoms. The van der Waals surface area contributed by atoms with E-state index in [-0.39, 0.29) is 27.9 Å². The molecule has 0 fully saturated rings. The summed E-state index contributed by atoms with van der Waals surface area (Å²) in [6.07, 6.45) is 0. The Morgan fingerprint density at radius 3 is 2.50 bits per heavy atom. The Hall–Kier alpha value is -3.82. The smallest absolute Gasteiger partial charge is 0.387 e. The number of esters is 1. The Morgan fingerprint density at radius 2 is 1.75 bits per heavy atom. The van der Waals surface area contributed by atoms with E-state index in [4.69, 9.17) is 4.74 Å². The van der Waals surface area contributed by atoms with Crippen LogP contribution in [0.3, 0.4) is 0 Å². The maximum absolute atomic E-state index is 12.4. The minimum atomic E-state index is -3.06. The first-order valence-electron chi connectivity index (χ1n) is 7.94. The highest BCUT2D eigenvalue weighted by molar-refractivity contribution is 6.03. The van der Waals surface area contributed by atoms with Crippen molar-refractivity contribution in [2.45, 2.75) is 6.61 Å². The fourth-order valence-electron chi connectivity index (χ4n) is 2.42. The highest BCUT2D eigenvalue weighted by Gasteiger charge is 2.18. The molecule has 144 valence electrons. The van der Waals surface area contributed by atoms with Crippen LogP contribution in [0.2, 0.25) is 0 Å². The van der Waals surface area contributed by atoms with Crippen LogP contribution in [0.15, 0.2) is 53.3 Å². The van der Waals surface area contributed by atoms with Crippen molar-refractivity contribution >= 4 is 28.3 Å². The average molecular weight is 389 g/mol. The number of para-hydroxylation sites is 2. The molecule has 0 saturated heterocycles. The number of aromatic amines is 1. The number of nitrogens with zero attached hydrogens (tertiary/aromatic N) is 1. The zero-order chi connectivity index (χ0) is 20.1. The first-order chi connectivity index (χ1) is 13.5. The summed E-state index contributed by atoms with van der Waals surface area (Å²) in [5.41, 5.74) is -0.638. The van der Waals surface area contributed by atoms with Gasteiger partial charge in [-0.2, -0.15) is 13.9 Å². The van der Waals surface area contributed by atoms with Gasteiger partial charge in [0.15, 0.2) is 12.3 Å². The largest absolute Gasteiger partial charge is 0.451 e. The molecule has 3 rings (SSSR count). The van der Waals surface area contributed by atoms with Gasteiger partial charge in [-0.15, -0.1) is 0 Å². The summed E-state index contributed by atoms with van der Waals surface area (Å²) < 4.78 is 34.0. The van der Waals surface area contributed by atoms with Crippen LogP contribution < -0.4 is 15.6 Å². The number of H-pyrrole nitrogens is 1. The standard InChI is InChI=1S/C18H13F2N3O5/c19-18(20)28-13-8-4-3-7-12(13)21-14(24)9-27-17(26)15-10-5-1-2-6-11(10)16(25)23-22-15/h1-8,18H,9H2,(H,21,24)(H,23,25). The van der Waals surface area contributed by atoms with Crippen molar-refractivity contribution in [3.05, 3.63) is 64.6 Å². The molecule has 0 aliphatic heterocycles. The van der Waals surface area contributed by atoms with E-state index in [1.165, 1.54) is 36.4 Å². The summed E-state index contributed by atoms with van der Waals surface area (Å²) in [4.78, 5) is 36.0. The number of alkyl halides is 2. The number of carbonyl (C=O) groups is 2. The number of hydrogen-bond acceptors (Lipinski definition) is 6. The Bertz CT molecular complexity index is 1080. The molecule has 1 amide bonds. The molecule has 0 unspecified atom stereocenters. The third-order valence-corrected chi connectivity index (χ3v) is 3.60. The monoisotopic (exact) mass is 389 g/mol. The molecule has 0 bridgehead atoms. The molecule has 0 radical (unpaired) electrons. The van der Waals surface area contributed by atoms with Gasteiger partial charge in [0.25, 0.3) is 11.5 Å². The van der Waals surface area contributed by atoms with Crippen molar-refractivity contribution in [3.63, 3.8) is 0 Å². The Labute approximate surface area is 156 Å². The summed E-state index contributed by atoms with van der Waals surface area (Å²) in [7, 11) is 0. The van der Waals surface area contributed by atoms with E-state index in [2.05, 4.69) is 20.3 Å². The number of nitrogens with one attached hydrogen (secondary N) is 2. The lowest BCUT2D eigenvalue weighted by Gasteiger charge is -2.11. The maximum Gasteiger partial charge on any atom is 0.387 e. The van der Waals surface area contributed by atoms with Gasteiger partial charge in [-0.1, -0.05) is 30.3 Å². The molecule has 1 aromatic heterocycles. The molecule has 10 heteroatoms. The fraction of sp³-hybridized carbons (Fsp3) is 0.111. The lowest BCUT2D eigenvalue weighted by atomic mass is 10.1. The van der Waals surface area contributed by atoms with Crippen LogP contribution in [0.4, 0.5) is 14.5 Å². The predicted octanol–water partition coefficient (Wildman–Crippen LogP) is 2.32. The van der Waals surface area contributed by atoms with E-state index in [0.29, 0.717) is 0 Å². The van der Waals surface area contributed by atoms with Crippen molar-refractivity contribution in [2.24, 2.45) is 0 Å². The highest BCUT2D eigenvalue weighted by atomic mass is 19.3. The zero-order valence-corrected chi connectivity index (χ0v) is 14.1. The van der Waals surface area contributed by atoms with E-state index in [9.17, 15) is 23.2 Å². The lowest BCUT2D eigenvalue weighted by molar-refractivity contribution is -0.119. The highest BCUT2D eigenvalue weighted by Crippen LogP contribution is 2.25. The van der Waals surface area contributed by atoms with Crippen LogP contribution in [0.25, 0.3) is 10.8 Å². The van der Waals surface area contributed by atoms with Crippen molar-refractivity contribution in [1.82, 2.24) is 10.2 Å². The van der Waals surface area contributed by atoms with Gasteiger partial charge in [-0.25, -0.2) is 9.89 Å². The third-order valence-electron chi connectivity index (χ3n) is 3.60. The molecular formula is C18H13F2N3O5. The molecule has 0 atom stereocenters. The van der Waals surface area contributed by atoms with Crippen molar-refractivity contribution in [3.8, 4) is 5.75 Å². The Morgan fingerprint density at radius 1 is 1.07 bits per heavy atom. The van der Waals surface area contributed by atoms with E-state index in [1.807, 2.05) is 0 Å². The number of anilines is 1. The second-order valence-corrected chi connectivity index (χ2v) is 5.45. The minimum absolute atomic E-state index is 0.00327. The SMILES string of the molecule is O=C(COC(=O)c1n[nH]c(=O)c2ccccc12)Nc1ccccc1OC(F)F. The van der Waals surface area contributed by atoms with Gasteiger partial charge < -0.3 is 14.8 Å². The Balaban J connectivity index is 1.68. The normalized spacial score (nSPS) is 10.7. The molecule has 3 aromatic rings. The number of aromatic nitrogens is 2. The molecule has 2 aromatic carbocycles. The van der Waals surface area contributed by atoms with Crippen LogP contribution >= 0.6 is 0 Å². The number of carbonyl (C=O) groups excluding carboxylic acids is 2. The number of amides is 1. The number of rotatable bonds is 6. The minimum Gasteiger partial charge on any atom is -0.451 e.